The molecule has 4 rings (SSSR count). The zero-order valence-electron chi connectivity index (χ0n) is 19.3. The first-order valence-corrected chi connectivity index (χ1v) is 11.4. The highest BCUT2D eigenvalue weighted by Crippen LogP contribution is 2.21. The third kappa shape index (κ3) is 6.67. The number of nitrogens with zero attached hydrogens (tertiary/aromatic N) is 2. The highest BCUT2D eigenvalue weighted by Gasteiger charge is 1.99. The van der Waals surface area contributed by atoms with Gasteiger partial charge in [-0.25, -0.2) is 0 Å². The molecule has 162 valence electrons. The topological polar surface area (TPSA) is 47.6 Å². The summed E-state index contributed by atoms with van der Waals surface area (Å²) in [6.45, 7) is 4.34. The van der Waals surface area contributed by atoms with Gasteiger partial charge in [0.25, 0.3) is 0 Å². The van der Waals surface area contributed by atoms with Gasteiger partial charge >= 0.3 is 0 Å². The molecular weight excluding hydrogens is 400 g/mol. The molecule has 0 fully saturated rings. The molecule has 0 heterocycles. The van der Waals surface area contributed by atoms with Crippen LogP contribution >= 0.6 is 0 Å². The normalized spacial score (nSPS) is 9.82. The maximum atomic E-state index is 8.74. The van der Waals surface area contributed by atoms with Crippen LogP contribution in [0, 0.1) is 22.7 Å². The van der Waals surface area contributed by atoms with E-state index in [1.807, 2.05) is 48.5 Å². The second-order valence-corrected chi connectivity index (χ2v) is 7.88. The zero-order chi connectivity index (χ0) is 23.5. The number of aryl methyl sites for hydroxylation is 2. The molecule has 0 aliphatic rings. The number of benzene rings is 4. The van der Waals surface area contributed by atoms with Gasteiger partial charge in [-0.05, 0) is 70.5 Å². The van der Waals surface area contributed by atoms with E-state index < -0.39 is 0 Å². The quantitative estimate of drug-likeness (QED) is 0.324. The molecule has 0 aliphatic heterocycles. The van der Waals surface area contributed by atoms with Crippen molar-refractivity contribution in [3.8, 4) is 34.4 Å². The van der Waals surface area contributed by atoms with Crippen molar-refractivity contribution in [1.29, 1.82) is 10.5 Å². The van der Waals surface area contributed by atoms with Crippen molar-refractivity contribution in [1.82, 2.24) is 0 Å². The van der Waals surface area contributed by atoms with Crippen LogP contribution < -0.4 is 0 Å². The number of nitriles is 2. The molecule has 0 saturated heterocycles. The van der Waals surface area contributed by atoms with E-state index in [1.54, 1.807) is 0 Å². The van der Waals surface area contributed by atoms with Gasteiger partial charge in [-0.3, -0.25) is 0 Å². The highest BCUT2D eigenvalue weighted by molar-refractivity contribution is 5.65. The Balaban J connectivity index is 0.000000186. The smallest absolute Gasteiger partial charge is 0.0991 e. The summed E-state index contributed by atoms with van der Waals surface area (Å²) in [5, 5.41) is 17.5. The molecule has 0 N–H and O–H groups in total. The Morgan fingerprint density at radius 3 is 1.12 bits per heavy atom. The van der Waals surface area contributed by atoms with Crippen LogP contribution in [0.2, 0.25) is 0 Å². The predicted molar refractivity (Wildman–Crippen MR) is 137 cm³/mol. The number of rotatable bonds is 5. The van der Waals surface area contributed by atoms with E-state index >= 15 is 0 Å². The molecule has 0 aromatic heterocycles. The van der Waals surface area contributed by atoms with Crippen LogP contribution in [-0.4, -0.2) is 0 Å². The molecule has 0 amide bonds. The van der Waals surface area contributed by atoms with Gasteiger partial charge in [0.2, 0.25) is 0 Å². The molecule has 33 heavy (non-hydrogen) atoms. The lowest BCUT2D eigenvalue weighted by Crippen LogP contribution is -1.84. The van der Waals surface area contributed by atoms with Gasteiger partial charge in [-0.15, -0.1) is 0 Å². The van der Waals surface area contributed by atoms with E-state index in [-0.39, 0.29) is 0 Å². The summed E-state index contributed by atoms with van der Waals surface area (Å²) in [4.78, 5) is 0. The molecule has 4 aromatic rings. The Kier molecular flexibility index (Phi) is 8.58. The van der Waals surface area contributed by atoms with Gasteiger partial charge in [0, 0.05) is 0 Å². The lowest BCUT2D eigenvalue weighted by Gasteiger charge is -2.03. The Hall–Kier alpha value is -4.14. The Morgan fingerprint density at radius 2 is 0.818 bits per heavy atom. The van der Waals surface area contributed by atoms with Crippen molar-refractivity contribution in [2.45, 2.75) is 33.1 Å². The largest absolute Gasteiger partial charge is 0.192 e. The van der Waals surface area contributed by atoms with Gasteiger partial charge in [-0.1, -0.05) is 93.1 Å². The standard InChI is InChI=1S/C16H15N.C15H13N/c1-2-3-13-4-8-15(9-5-13)16-10-6-14(12-17)7-11-16;1-2-12-3-7-14(8-4-12)15-9-5-13(11-16)6-10-15/h4-11H,2-3H2,1H3;3-10H,2H2,1H3. The Labute approximate surface area is 197 Å². The Morgan fingerprint density at radius 1 is 0.485 bits per heavy atom. The first-order chi connectivity index (χ1) is 16.2. The summed E-state index contributed by atoms with van der Waals surface area (Å²) in [7, 11) is 0. The van der Waals surface area contributed by atoms with Gasteiger partial charge in [0.15, 0.2) is 0 Å². The van der Waals surface area contributed by atoms with Crippen molar-refractivity contribution in [3.05, 3.63) is 119 Å². The van der Waals surface area contributed by atoms with Gasteiger partial charge in [-0.2, -0.15) is 10.5 Å². The average Bonchev–Trinajstić information content (AvgIpc) is 2.90. The molecule has 0 saturated carbocycles. The van der Waals surface area contributed by atoms with E-state index in [4.69, 9.17) is 10.5 Å². The molecule has 0 spiro atoms. The monoisotopic (exact) mass is 428 g/mol. The van der Waals surface area contributed by atoms with Crippen molar-refractivity contribution >= 4 is 0 Å². The fourth-order valence-corrected chi connectivity index (χ4v) is 3.56. The van der Waals surface area contributed by atoms with Crippen LogP contribution in [0.25, 0.3) is 22.3 Å². The number of hydrogen-bond donors (Lipinski definition) is 0. The van der Waals surface area contributed by atoms with E-state index in [2.05, 4.69) is 74.5 Å². The first kappa shape index (κ1) is 23.5. The molecule has 4 aromatic carbocycles. The van der Waals surface area contributed by atoms with Crippen molar-refractivity contribution in [3.63, 3.8) is 0 Å². The first-order valence-electron chi connectivity index (χ1n) is 11.4. The maximum Gasteiger partial charge on any atom is 0.0991 e. The number of hydrogen-bond acceptors (Lipinski definition) is 2. The minimum absolute atomic E-state index is 0.703. The van der Waals surface area contributed by atoms with Gasteiger partial charge < -0.3 is 0 Å². The molecular formula is C31H28N2. The molecule has 2 nitrogen and oxygen atoms in total. The van der Waals surface area contributed by atoms with Crippen molar-refractivity contribution in [2.75, 3.05) is 0 Å². The van der Waals surface area contributed by atoms with Crippen LogP contribution in [0.3, 0.4) is 0 Å². The van der Waals surface area contributed by atoms with E-state index in [9.17, 15) is 0 Å². The Bertz CT molecular complexity index is 1220. The summed E-state index contributed by atoms with van der Waals surface area (Å²) in [6, 6.07) is 36.8. The van der Waals surface area contributed by atoms with E-state index in [1.165, 1.54) is 28.7 Å². The summed E-state index contributed by atoms with van der Waals surface area (Å²) in [5.74, 6) is 0. The van der Waals surface area contributed by atoms with Gasteiger partial charge in [0.05, 0.1) is 23.3 Å². The fraction of sp³-hybridized carbons (Fsp3) is 0.161. The van der Waals surface area contributed by atoms with Crippen molar-refractivity contribution in [2.24, 2.45) is 0 Å². The molecule has 0 atom stereocenters. The summed E-state index contributed by atoms with van der Waals surface area (Å²) >= 11 is 0. The minimum atomic E-state index is 0.703. The predicted octanol–water partition coefficient (Wildman–Crippen LogP) is 7.97. The van der Waals surface area contributed by atoms with E-state index in [0.29, 0.717) is 11.1 Å². The molecule has 0 bridgehead atoms. The SMILES string of the molecule is CCCc1ccc(-c2ccc(C#N)cc2)cc1.CCc1ccc(-c2ccc(C#N)cc2)cc1. The summed E-state index contributed by atoms with van der Waals surface area (Å²) in [6.07, 6.45) is 3.37. The molecule has 0 unspecified atom stereocenters. The van der Waals surface area contributed by atoms with Gasteiger partial charge in [0.1, 0.15) is 0 Å². The highest BCUT2D eigenvalue weighted by atomic mass is 14.2. The zero-order valence-corrected chi connectivity index (χ0v) is 19.3. The molecule has 0 radical (unpaired) electrons. The third-order valence-electron chi connectivity index (χ3n) is 5.55. The minimum Gasteiger partial charge on any atom is -0.192 e. The van der Waals surface area contributed by atoms with Crippen LogP contribution in [0.1, 0.15) is 42.5 Å². The van der Waals surface area contributed by atoms with Crippen LogP contribution in [-0.2, 0) is 12.8 Å². The summed E-state index contributed by atoms with van der Waals surface area (Å²) in [5.41, 5.74) is 8.84. The second kappa shape index (κ2) is 12.0. The molecule has 2 heteroatoms. The van der Waals surface area contributed by atoms with E-state index in [0.717, 1.165) is 24.0 Å². The lowest BCUT2D eigenvalue weighted by molar-refractivity contribution is 0.922. The average molecular weight is 429 g/mol. The fourth-order valence-electron chi connectivity index (χ4n) is 3.56. The lowest BCUT2D eigenvalue weighted by atomic mass is 10.0. The second-order valence-electron chi connectivity index (χ2n) is 7.88. The maximum absolute atomic E-state index is 8.74. The van der Waals surface area contributed by atoms with Crippen LogP contribution in [0.5, 0.6) is 0 Å². The van der Waals surface area contributed by atoms with Crippen molar-refractivity contribution < 1.29 is 0 Å². The summed E-state index contributed by atoms with van der Waals surface area (Å²) < 4.78 is 0. The van der Waals surface area contributed by atoms with Crippen LogP contribution in [0.15, 0.2) is 97.1 Å². The van der Waals surface area contributed by atoms with Crippen LogP contribution in [0.4, 0.5) is 0 Å². The third-order valence-corrected chi connectivity index (χ3v) is 5.55. The molecule has 0 aliphatic carbocycles.